The van der Waals surface area contributed by atoms with Gasteiger partial charge in [0.15, 0.2) is 0 Å². The monoisotopic (exact) mass is 354 g/mol. The van der Waals surface area contributed by atoms with Gasteiger partial charge in [-0.05, 0) is 12.1 Å². The highest BCUT2D eigenvalue weighted by atomic mass is 32.1. The maximum atomic E-state index is 12.1. The lowest BCUT2D eigenvalue weighted by Gasteiger charge is -2.05. The molecule has 0 unspecified atom stereocenters. The fraction of sp³-hybridized carbons (Fsp3) is 0.118. The van der Waals surface area contributed by atoms with Gasteiger partial charge < -0.3 is 5.32 Å². The number of benzene rings is 1. The third kappa shape index (κ3) is 4.24. The van der Waals surface area contributed by atoms with Gasteiger partial charge in [-0.1, -0.05) is 18.2 Å². The van der Waals surface area contributed by atoms with Crippen molar-refractivity contribution in [1.82, 2.24) is 15.3 Å². The molecule has 0 aliphatic carbocycles. The molecule has 0 radical (unpaired) electrons. The Morgan fingerprint density at radius 1 is 1.24 bits per heavy atom. The van der Waals surface area contributed by atoms with E-state index < -0.39 is 4.92 Å². The quantitative estimate of drug-likeness (QED) is 0.542. The number of amides is 1. The number of para-hydroxylation sites is 1. The number of nitrogens with zero attached hydrogens (tertiary/aromatic N) is 3. The van der Waals surface area contributed by atoms with Crippen LogP contribution in [0.5, 0.6) is 0 Å². The van der Waals surface area contributed by atoms with E-state index in [9.17, 15) is 14.9 Å². The first kappa shape index (κ1) is 16.7. The van der Waals surface area contributed by atoms with Crippen LogP contribution in [0.15, 0.2) is 54.2 Å². The van der Waals surface area contributed by atoms with E-state index in [4.69, 9.17) is 0 Å². The first-order chi connectivity index (χ1) is 12.1. The molecule has 2 aromatic heterocycles. The number of rotatable bonds is 6. The van der Waals surface area contributed by atoms with Gasteiger partial charge in [-0.25, -0.2) is 4.98 Å². The summed E-state index contributed by atoms with van der Waals surface area (Å²) >= 11 is 1.45. The number of pyridine rings is 1. The molecule has 0 atom stereocenters. The van der Waals surface area contributed by atoms with Gasteiger partial charge in [0.25, 0.3) is 5.69 Å². The Balaban J connectivity index is 1.61. The predicted octanol–water partition coefficient (Wildman–Crippen LogP) is 2.97. The summed E-state index contributed by atoms with van der Waals surface area (Å²) in [6.45, 7) is 0.107. The molecule has 3 aromatic rings. The summed E-state index contributed by atoms with van der Waals surface area (Å²) in [6, 6.07) is 10.1. The zero-order chi connectivity index (χ0) is 17.6. The van der Waals surface area contributed by atoms with E-state index in [-0.39, 0.29) is 24.6 Å². The maximum absolute atomic E-state index is 12.1. The Morgan fingerprint density at radius 3 is 2.84 bits per heavy atom. The van der Waals surface area contributed by atoms with E-state index in [1.54, 1.807) is 30.6 Å². The van der Waals surface area contributed by atoms with Crippen molar-refractivity contribution in [2.45, 2.75) is 13.0 Å². The number of carbonyl (C=O) groups is 1. The summed E-state index contributed by atoms with van der Waals surface area (Å²) < 4.78 is 0. The fourth-order valence-electron chi connectivity index (χ4n) is 2.27. The smallest absolute Gasteiger partial charge is 0.274 e. The Morgan fingerprint density at radius 2 is 2.08 bits per heavy atom. The summed E-state index contributed by atoms with van der Waals surface area (Å²) in [7, 11) is 0. The van der Waals surface area contributed by atoms with Crippen LogP contribution in [0.2, 0.25) is 0 Å². The Labute approximate surface area is 147 Å². The SMILES string of the molecule is O=C(Cc1csc(-c2cccnc2)n1)NCc1ccccc1[N+](=O)[O-]. The molecule has 1 amide bonds. The molecule has 1 N–H and O–H groups in total. The number of nitro groups is 1. The molecule has 0 aliphatic heterocycles. The topological polar surface area (TPSA) is 98.0 Å². The molecule has 0 spiro atoms. The highest BCUT2D eigenvalue weighted by Crippen LogP contribution is 2.23. The van der Waals surface area contributed by atoms with Crippen LogP contribution in [0.25, 0.3) is 10.6 Å². The van der Waals surface area contributed by atoms with E-state index >= 15 is 0 Å². The lowest BCUT2D eigenvalue weighted by Crippen LogP contribution is -2.25. The van der Waals surface area contributed by atoms with E-state index in [1.807, 2.05) is 17.5 Å². The number of hydrogen-bond acceptors (Lipinski definition) is 6. The van der Waals surface area contributed by atoms with Crippen LogP contribution in [0.3, 0.4) is 0 Å². The normalized spacial score (nSPS) is 10.4. The van der Waals surface area contributed by atoms with Crippen molar-refractivity contribution < 1.29 is 9.72 Å². The molecule has 0 fully saturated rings. The summed E-state index contributed by atoms with van der Waals surface area (Å²) in [5, 5.41) is 16.3. The van der Waals surface area contributed by atoms with E-state index in [0.717, 1.165) is 10.6 Å². The number of thiazole rings is 1. The highest BCUT2D eigenvalue weighted by Gasteiger charge is 2.14. The molecule has 0 bridgehead atoms. The maximum Gasteiger partial charge on any atom is 0.274 e. The molecule has 1 aromatic carbocycles. The third-order valence-corrected chi connectivity index (χ3v) is 4.41. The molecular weight excluding hydrogens is 340 g/mol. The summed E-state index contributed by atoms with van der Waals surface area (Å²) in [4.78, 5) is 31.1. The van der Waals surface area contributed by atoms with Crippen LogP contribution in [-0.4, -0.2) is 20.8 Å². The minimum Gasteiger partial charge on any atom is -0.351 e. The standard InChI is InChI=1S/C17H14N4O3S/c22-16(19-10-12-4-1-2-6-15(12)21(23)24)8-14-11-25-17(20-14)13-5-3-7-18-9-13/h1-7,9,11H,8,10H2,(H,19,22). The van der Waals surface area contributed by atoms with Crippen LogP contribution in [-0.2, 0) is 17.8 Å². The molecule has 7 nitrogen and oxygen atoms in total. The van der Waals surface area contributed by atoms with Gasteiger partial charge in [0.2, 0.25) is 5.91 Å². The number of nitrogens with one attached hydrogen (secondary N) is 1. The molecule has 0 saturated carbocycles. The molecular formula is C17H14N4O3S. The van der Waals surface area contributed by atoms with Gasteiger partial charge in [0.05, 0.1) is 17.0 Å². The average molecular weight is 354 g/mol. The number of carbonyl (C=O) groups excluding carboxylic acids is 1. The van der Waals surface area contributed by atoms with Gasteiger partial charge in [0, 0.05) is 41.5 Å². The molecule has 126 valence electrons. The molecule has 2 heterocycles. The second-order valence-corrected chi connectivity index (χ2v) is 6.08. The Kier molecular flexibility index (Phi) is 5.10. The van der Waals surface area contributed by atoms with Gasteiger partial charge in [-0.15, -0.1) is 11.3 Å². The number of aromatic nitrogens is 2. The van der Waals surface area contributed by atoms with Gasteiger partial charge >= 0.3 is 0 Å². The zero-order valence-corrected chi connectivity index (χ0v) is 13.9. The first-order valence-corrected chi connectivity index (χ1v) is 8.35. The highest BCUT2D eigenvalue weighted by molar-refractivity contribution is 7.13. The largest absolute Gasteiger partial charge is 0.351 e. The van der Waals surface area contributed by atoms with Crippen LogP contribution >= 0.6 is 11.3 Å². The first-order valence-electron chi connectivity index (χ1n) is 7.47. The van der Waals surface area contributed by atoms with E-state index in [2.05, 4.69) is 15.3 Å². The zero-order valence-electron chi connectivity index (χ0n) is 13.1. The Hall–Kier alpha value is -3.13. The van der Waals surface area contributed by atoms with Gasteiger partial charge in [0.1, 0.15) is 5.01 Å². The van der Waals surface area contributed by atoms with Crippen molar-refractivity contribution >= 4 is 22.9 Å². The average Bonchev–Trinajstić information content (AvgIpc) is 3.09. The van der Waals surface area contributed by atoms with Gasteiger partial charge in [-0.3, -0.25) is 19.9 Å². The molecule has 3 rings (SSSR count). The lowest BCUT2D eigenvalue weighted by atomic mass is 10.2. The fourth-order valence-corrected chi connectivity index (χ4v) is 3.08. The lowest BCUT2D eigenvalue weighted by molar-refractivity contribution is -0.385. The second kappa shape index (κ2) is 7.63. The minimum absolute atomic E-state index is 0.00433. The number of hydrogen-bond donors (Lipinski definition) is 1. The summed E-state index contributed by atoms with van der Waals surface area (Å²) in [5.41, 5.74) is 2.02. The minimum atomic E-state index is -0.456. The van der Waals surface area contributed by atoms with Gasteiger partial charge in [-0.2, -0.15) is 0 Å². The summed E-state index contributed by atoms with van der Waals surface area (Å²) in [6.07, 6.45) is 3.53. The van der Waals surface area contributed by atoms with Crippen molar-refractivity contribution in [3.05, 3.63) is 75.5 Å². The van der Waals surface area contributed by atoms with Crippen LogP contribution in [0.4, 0.5) is 5.69 Å². The Bertz CT molecular complexity index is 896. The van der Waals surface area contributed by atoms with Crippen molar-refractivity contribution in [2.24, 2.45) is 0 Å². The van der Waals surface area contributed by atoms with E-state index in [0.29, 0.717) is 11.3 Å². The van der Waals surface area contributed by atoms with Crippen LogP contribution in [0.1, 0.15) is 11.3 Å². The predicted molar refractivity (Wildman–Crippen MR) is 94.0 cm³/mol. The second-order valence-electron chi connectivity index (χ2n) is 5.23. The molecule has 25 heavy (non-hydrogen) atoms. The van der Waals surface area contributed by atoms with E-state index in [1.165, 1.54) is 17.4 Å². The van der Waals surface area contributed by atoms with Crippen molar-refractivity contribution in [2.75, 3.05) is 0 Å². The number of nitro benzene ring substituents is 1. The summed E-state index contributed by atoms with van der Waals surface area (Å²) in [5.74, 6) is -0.235. The van der Waals surface area contributed by atoms with Crippen molar-refractivity contribution in [3.8, 4) is 10.6 Å². The van der Waals surface area contributed by atoms with Crippen molar-refractivity contribution in [3.63, 3.8) is 0 Å². The van der Waals surface area contributed by atoms with Crippen LogP contribution < -0.4 is 5.32 Å². The third-order valence-electron chi connectivity index (χ3n) is 3.47. The molecule has 8 heteroatoms. The van der Waals surface area contributed by atoms with Crippen molar-refractivity contribution in [1.29, 1.82) is 0 Å². The molecule has 0 aliphatic rings. The van der Waals surface area contributed by atoms with Crippen LogP contribution in [0, 0.1) is 10.1 Å². The molecule has 0 saturated heterocycles.